The first-order chi connectivity index (χ1) is 16.2. The molecule has 0 radical (unpaired) electrons. The molecule has 1 aliphatic carbocycles. The molecule has 0 bridgehead atoms. The summed E-state index contributed by atoms with van der Waals surface area (Å²) >= 11 is 0. The molecule has 2 fully saturated rings. The first-order valence-corrected chi connectivity index (χ1v) is 11.8. The maximum absolute atomic E-state index is 4.86. The summed E-state index contributed by atoms with van der Waals surface area (Å²) < 4.78 is 1.98. The summed E-state index contributed by atoms with van der Waals surface area (Å²) in [6.45, 7) is 4.08. The molecule has 1 saturated heterocycles. The normalized spacial score (nSPS) is 16.2. The molecule has 0 amide bonds. The van der Waals surface area contributed by atoms with Crippen LogP contribution in [0.5, 0.6) is 0 Å². The van der Waals surface area contributed by atoms with Crippen molar-refractivity contribution >= 4 is 34.7 Å². The van der Waals surface area contributed by atoms with Gasteiger partial charge in [0.05, 0.1) is 0 Å². The second kappa shape index (κ2) is 8.35. The standard InChI is InChI=1S/C25H28N8/c1-17-13-19(18-5-6-18)14-21(27-17)29-25-30-22(16-24(31-25)32-9-3-2-4-10-32)28-20-7-11-33-12-8-26-23(33)15-20/h7-8,11-16,18H,2-6,9-10H2,1H3,(H2,27,28,29,30,31). The highest BCUT2D eigenvalue weighted by Gasteiger charge is 2.24. The summed E-state index contributed by atoms with van der Waals surface area (Å²) in [5.41, 5.74) is 4.19. The van der Waals surface area contributed by atoms with Crippen molar-refractivity contribution in [3.63, 3.8) is 0 Å². The van der Waals surface area contributed by atoms with Crippen molar-refractivity contribution in [3.8, 4) is 0 Å². The SMILES string of the molecule is Cc1cc(C2CC2)cc(Nc2nc(Nc3ccn4ccnc4c3)cc(N3CCCCC3)n2)n1. The summed E-state index contributed by atoms with van der Waals surface area (Å²) in [5.74, 6) is 3.72. The molecule has 0 unspecified atom stereocenters. The zero-order chi connectivity index (χ0) is 22.2. The van der Waals surface area contributed by atoms with Crippen molar-refractivity contribution in [2.24, 2.45) is 0 Å². The molecule has 2 aliphatic rings. The molecule has 0 spiro atoms. The fraction of sp³-hybridized carbons (Fsp3) is 0.360. The van der Waals surface area contributed by atoms with Crippen LogP contribution in [0, 0.1) is 6.92 Å². The highest BCUT2D eigenvalue weighted by atomic mass is 15.3. The third kappa shape index (κ3) is 4.46. The van der Waals surface area contributed by atoms with Gasteiger partial charge in [-0.15, -0.1) is 0 Å². The van der Waals surface area contributed by atoms with Gasteiger partial charge in [0, 0.05) is 55.2 Å². The number of aromatic nitrogens is 5. The van der Waals surface area contributed by atoms with Gasteiger partial charge in [-0.05, 0) is 68.7 Å². The zero-order valence-electron chi connectivity index (χ0n) is 18.8. The smallest absolute Gasteiger partial charge is 0.232 e. The predicted octanol–water partition coefficient (Wildman–Crippen LogP) is 5.18. The average Bonchev–Trinajstić information content (AvgIpc) is 3.57. The van der Waals surface area contributed by atoms with Gasteiger partial charge in [-0.2, -0.15) is 9.97 Å². The lowest BCUT2D eigenvalue weighted by atomic mass is 10.1. The summed E-state index contributed by atoms with van der Waals surface area (Å²) in [5, 5.41) is 6.83. The molecule has 33 heavy (non-hydrogen) atoms. The number of fused-ring (bicyclic) bond motifs is 1. The van der Waals surface area contributed by atoms with Crippen LogP contribution in [-0.2, 0) is 0 Å². The van der Waals surface area contributed by atoms with E-state index in [1.165, 1.54) is 37.7 Å². The minimum atomic E-state index is 0.558. The summed E-state index contributed by atoms with van der Waals surface area (Å²) in [6, 6.07) is 10.4. The number of hydrogen-bond acceptors (Lipinski definition) is 7. The highest BCUT2D eigenvalue weighted by Crippen LogP contribution is 2.41. The van der Waals surface area contributed by atoms with Gasteiger partial charge < -0.3 is 19.9 Å². The molecular weight excluding hydrogens is 412 g/mol. The molecule has 5 heterocycles. The fourth-order valence-electron chi connectivity index (χ4n) is 4.50. The Labute approximate surface area is 193 Å². The molecule has 2 N–H and O–H groups in total. The minimum absolute atomic E-state index is 0.558. The van der Waals surface area contributed by atoms with Crippen LogP contribution in [0.4, 0.5) is 29.1 Å². The van der Waals surface area contributed by atoms with Gasteiger partial charge in [-0.1, -0.05) is 0 Å². The first-order valence-electron chi connectivity index (χ1n) is 11.8. The highest BCUT2D eigenvalue weighted by molar-refractivity contribution is 5.66. The van der Waals surface area contributed by atoms with E-state index < -0.39 is 0 Å². The second-order valence-corrected chi connectivity index (χ2v) is 9.04. The van der Waals surface area contributed by atoms with E-state index in [-0.39, 0.29) is 0 Å². The molecular formula is C25H28N8. The number of nitrogens with one attached hydrogen (secondary N) is 2. The Morgan fingerprint density at radius 1 is 0.879 bits per heavy atom. The van der Waals surface area contributed by atoms with E-state index in [1.807, 2.05) is 41.9 Å². The Hall–Kier alpha value is -3.68. The summed E-state index contributed by atoms with van der Waals surface area (Å²) in [6.07, 6.45) is 11.9. The third-order valence-electron chi connectivity index (χ3n) is 6.33. The van der Waals surface area contributed by atoms with Crippen LogP contribution >= 0.6 is 0 Å². The number of anilines is 5. The van der Waals surface area contributed by atoms with E-state index in [4.69, 9.17) is 9.97 Å². The molecule has 6 rings (SSSR count). The third-order valence-corrected chi connectivity index (χ3v) is 6.33. The molecule has 168 valence electrons. The van der Waals surface area contributed by atoms with Crippen LogP contribution in [0.2, 0.25) is 0 Å². The number of aryl methyl sites for hydroxylation is 1. The molecule has 1 saturated carbocycles. The van der Waals surface area contributed by atoms with E-state index in [1.54, 1.807) is 6.20 Å². The lowest BCUT2D eigenvalue weighted by Gasteiger charge is -2.28. The topological polar surface area (TPSA) is 83.3 Å². The maximum Gasteiger partial charge on any atom is 0.232 e. The quantitative estimate of drug-likeness (QED) is 0.427. The van der Waals surface area contributed by atoms with E-state index in [9.17, 15) is 0 Å². The number of nitrogens with zero attached hydrogens (tertiary/aromatic N) is 6. The van der Waals surface area contributed by atoms with E-state index >= 15 is 0 Å². The largest absolute Gasteiger partial charge is 0.356 e. The summed E-state index contributed by atoms with van der Waals surface area (Å²) in [7, 11) is 0. The van der Waals surface area contributed by atoms with Gasteiger partial charge in [0.1, 0.15) is 23.1 Å². The predicted molar refractivity (Wildman–Crippen MR) is 131 cm³/mol. The van der Waals surface area contributed by atoms with Gasteiger partial charge in [-0.3, -0.25) is 0 Å². The van der Waals surface area contributed by atoms with Gasteiger partial charge >= 0.3 is 0 Å². The van der Waals surface area contributed by atoms with Gasteiger partial charge in [0.15, 0.2) is 0 Å². The number of piperidine rings is 1. The lowest BCUT2D eigenvalue weighted by Crippen LogP contribution is -2.30. The van der Waals surface area contributed by atoms with E-state index in [2.05, 4.69) is 37.6 Å². The Morgan fingerprint density at radius 2 is 1.73 bits per heavy atom. The summed E-state index contributed by atoms with van der Waals surface area (Å²) in [4.78, 5) is 21.1. The Kier molecular flexibility index (Phi) is 5.05. The van der Waals surface area contributed by atoms with Gasteiger partial charge in [-0.25, -0.2) is 9.97 Å². The van der Waals surface area contributed by atoms with Crippen LogP contribution in [-0.4, -0.2) is 37.4 Å². The van der Waals surface area contributed by atoms with E-state index in [0.717, 1.165) is 47.6 Å². The minimum Gasteiger partial charge on any atom is -0.356 e. The van der Waals surface area contributed by atoms with Crippen molar-refractivity contribution in [2.75, 3.05) is 28.6 Å². The van der Waals surface area contributed by atoms with Crippen LogP contribution in [0.1, 0.15) is 49.3 Å². The first kappa shape index (κ1) is 20.0. The lowest BCUT2D eigenvalue weighted by molar-refractivity contribution is 0.573. The van der Waals surface area contributed by atoms with Crippen molar-refractivity contribution in [3.05, 3.63) is 60.2 Å². The van der Waals surface area contributed by atoms with Crippen LogP contribution in [0.15, 0.2) is 48.9 Å². The van der Waals surface area contributed by atoms with Crippen molar-refractivity contribution in [1.82, 2.24) is 24.3 Å². The molecule has 0 aromatic carbocycles. The zero-order valence-corrected chi connectivity index (χ0v) is 18.8. The maximum atomic E-state index is 4.86. The van der Waals surface area contributed by atoms with Crippen LogP contribution < -0.4 is 15.5 Å². The Bertz CT molecular complexity index is 1290. The van der Waals surface area contributed by atoms with Crippen molar-refractivity contribution in [1.29, 1.82) is 0 Å². The number of pyridine rings is 2. The number of hydrogen-bond donors (Lipinski definition) is 2. The second-order valence-electron chi connectivity index (χ2n) is 9.04. The molecule has 8 nitrogen and oxygen atoms in total. The number of rotatable bonds is 6. The molecule has 0 atom stereocenters. The van der Waals surface area contributed by atoms with Crippen LogP contribution in [0.3, 0.4) is 0 Å². The van der Waals surface area contributed by atoms with Crippen LogP contribution in [0.25, 0.3) is 5.65 Å². The van der Waals surface area contributed by atoms with E-state index in [0.29, 0.717) is 11.9 Å². The van der Waals surface area contributed by atoms with Gasteiger partial charge in [0.2, 0.25) is 5.95 Å². The Morgan fingerprint density at radius 3 is 2.58 bits per heavy atom. The molecule has 8 heteroatoms. The Balaban J connectivity index is 1.33. The van der Waals surface area contributed by atoms with Crippen molar-refractivity contribution < 1.29 is 0 Å². The monoisotopic (exact) mass is 440 g/mol. The molecule has 4 aromatic rings. The molecule has 4 aromatic heterocycles. The van der Waals surface area contributed by atoms with Crippen molar-refractivity contribution in [2.45, 2.75) is 44.9 Å². The van der Waals surface area contributed by atoms with Gasteiger partial charge in [0.25, 0.3) is 0 Å². The number of imidazole rings is 1. The average molecular weight is 441 g/mol. The molecule has 1 aliphatic heterocycles. The fourth-order valence-corrected chi connectivity index (χ4v) is 4.50.